The molecular weight excluding hydrogens is 330 g/mol. The molecule has 0 saturated carbocycles. The van der Waals surface area contributed by atoms with Crippen LogP contribution in [0.5, 0.6) is 11.6 Å². The minimum absolute atomic E-state index is 0.662. The van der Waals surface area contributed by atoms with Gasteiger partial charge in [-0.2, -0.15) is 0 Å². The standard InChI is InChI=1S/C20H19N3OS/c1-13-12-16(24-20-19-15(6-8-22-20)7-11-25-19)4-5-17(13)18-14(2)21-9-10-23(18)3/h4-9,11-12H,10H2,1-3H3. The SMILES string of the molecule is CC1=C(c2ccc(Oc3nccc4ccsc34)cc2C)N(C)CC=N1. The lowest BCUT2D eigenvalue weighted by Gasteiger charge is -2.26. The van der Waals surface area contributed by atoms with Crippen LogP contribution < -0.4 is 4.74 Å². The number of ether oxygens (including phenoxy) is 1. The summed E-state index contributed by atoms with van der Waals surface area (Å²) in [6.07, 6.45) is 3.73. The van der Waals surface area contributed by atoms with Gasteiger partial charge in [0.25, 0.3) is 0 Å². The van der Waals surface area contributed by atoms with Crippen molar-refractivity contribution in [1.29, 1.82) is 0 Å². The minimum Gasteiger partial charge on any atom is -0.438 e. The van der Waals surface area contributed by atoms with Crippen LogP contribution in [0.25, 0.3) is 15.8 Å². The first-order chi connectivity index (χ1) is 12.1. The second-order valence-corrected chi connectivity index (χ2v) is 7.08. The van der Waals surface area contributed by atoms with E-state index in [0.29, 0.717) is 5.88 Å². The normalized spacial score (nSPS) is 14.4. The van der Waals surface area contributed by atoms with Crippen molar-refractivity contribution >= 4 is 33.3 Å². The first-order valence-corrected chi connectivity index (χ1v) is 9.07. The molecule has 2 aromatic heterocycles. The van der Waals surface area contributed by atoms with Crippen LogP contribution in [0.3, 0.4) is 0 Å². The van der Waals surface area contributed by atoms with Gasteiger partial charge in [0.2, 0.25) is 5.88 Å². The molecule has 4 rings (SSSR count). The molecule has 0 aliphatic carbocycles. The topological polar surface area (TPSA) is 37.7 Å². The largest absolute Gasteiger partial charge is 0.438 e. The second kappa shape index (κ2) is 6.33. The van der Waals surface area contributed by atoms with Crippen LogP contribution in [0.15, 0.2) is 52.6 Å². The van der Waals surface area contributed by atoms with E-state index < -0.39 is 0 Å². The highest BCUT2D eigenvalue weighted by molar-refractivity contribution is 7.17. The molecule has 0 amide bonds. The average Bonchev–Trinajstić information content (AvgIpc) is 3.06. The summed E-state index contributed by atoms with van der Waals surface area (Å²) in [6, 6.07) is 10.3. The highest BCUT2D eigenvalue weighted by atomic mass is 32.1. The summed E-state index contributed by atoms with van der Waals surface area (Å²) in [6.45, 7) is 4.98. The van der Waals surface area contributed by atoms with Crippen molar-refractivity contribution in [3.8, 4) is 11.6 Å². The van der Waals surface area contributed by atoms with Gasteiger partial charge in [0, 0.05) is 25.0 Å². The van der Waals surface area contributed by atoms with Crippen LogP contribution in [-0.4, -0.2) is 29.7 Å². The van der Waals surface area contributed by atoms with Gasteiger partial charge in [0.1, 0.15) is 5.75 Å². The molecule has 1 aromatic carbocycles. The third-order valence-electron chi connectivity index (χ3n) is 4.37. The fourth-order valence-corrected chi connectivity index (χ4v) is 3.97. The summed E-state index contributed by atoms with van der Waals surface area (Å²) in [5.74, 6) is 1.46. The summed E-state index contributed by atoms with van der Waals surface area (Å²) in [4.78, 5) is 11.1. The predicted octanol–water partition coefficient (Wildman–Crippen LogP) is 5.10. The summed E-state index contributed by atoms with van der Waals surface area (Å²) in [5, 5.41) is 3.22. The Balaban J connectivity index is 1.69. The van der Waals surface area contributed by atoms with Gasteiger partial charge in [0.05, 0.1) is 22.6 Å². The van der Waals surface area contributed by atoms with Gasteiger partial charge >= 0.3 is 0 Å². The zero-order chi connectivity index (χ0) is 17.4. The van der Waals surface area contributed by atoms with E-state index in [1.54, 1.807) is 17.5 Å². The van der Waals surface area contributed by atoms with E-state index >= 15 is 0 Å². The molecule has 0 fully saturated rings. The number of benzene rings is 1. The highest BCUT2D eigenvalue weighted by Crippen LogP contribution is 2.34. The molecule has 3 heterocycles. The maximum atomic E-state index is 6.07. The summed E-state index contributed by atoms with van der Waals surface area (Å²) in [7, 11) is 2.09. The zero-order valence-corrected chi connectivity index (χ0v) is 15.3. The first-order valence-electron chi connectivity index (χ1n) is 8.19. The van der Waals surface area contributed by atoms with E-state index in [-0.39, 0.29) is 0 Å². The smallest absolute Gasteiger partial charge is 0.237 e. The van der Waals surface area contributed by atoms with Gasteiger partial charge < -0.3 is 9.64 Å². The molecule has 0 unspecified atom stereocenters. The lowest BCUT2D eigenvalue weighted by atomic mass is 10.0. The van der Waals surface area contributed by atoms with Crippen LogP contribution in [-0.2, 0) is 0 Å². The lowest BCUT2D eigenvalue weighted by molar-refractivity contribution is 0.469. The van der Waals surface area contributed by atoms with Crippen molar-refractivity contribution in [1.82, 2.24) is 9.88 Å². The molecule has 0 bridgehead atoms. The van der Waals surface area contributed by atoms with Crippen LogP contribution in [0, 0.1) is 6.92 Å². The van der Waals surface area contributed by atoms with Gasteiger partial charge in [-0.05, 0) is 60.5 Å². The van der Waals surface area contributed by atoms with Crippen LogP contribution in [0.2, 0.25) is 0 Å². The Bertz CT molecular complexity index is 1000. The fraction of sp³-hybridized carbons (Fsp3) is 0.200. The number of aromatic nitrogens is 1. The van der Waals surface area contributed by atoms with Gasteiger partial charge in [-0.1, -0.05) is 0 Å². The number of fused-ring (bicyclic) bond motifs is 1. The van der Waals surface area contributed by atoms with Crippen molar-refractivity contribution in [3.63, 3.8) is 0 Å². The van der Waals surface area contributed by atoms with Gasteiger partial charge in [-0.3, -0.25) is 4.99 Å². The minimum atomic E-state index is 0.662. The molecule has 0 atom stereocenters. The monoisotopic (exact) mass is 349 g/mol. The molecule has 1 aliphatic heterocycles. The molecule has 0 saturated heterocycles. The zero-order valence-electron chi connectivity index (χ0n) is 14.5. The number of allylic oxidation sites excluding steroid dienone is 1. The fourth-order valence-electron chi connectivity index (χ4n) is 3.15. The molecule has 4 nitrogen and oxygen atoms in total. The Morgan fingerprint density at radius 2 is 2.04 bits per heavy atom. The summed E-state index contributed by atoms with van der Waals surface area (Å²) < 4.78 is 7.14. The number of hydrogen-bond donors (Lipinski definition) is 0. The highest BCUT2D eigenvalue weighted by Gasteiger charge is 2.16. The first kappa shape index (κ1) is 15.8. The van der Waals surface area contributed by atoms with E-state index in [9.17, 15) is 0 Å². The summed E-state index contributed by atoms with van der Waals surface area (Å²) in [5.41, 5.74) is 4.56. The number of rotatable bonds is 3. The van der Waals surface area contributed by atoms with Crippen molar-refractivity contribution in [2.75, 3.05) is 13.6 Å². The van der Waals surface area contributed by atoms with E-state index in [0.717, 1.165) is 33.6 Å². The molecule has 126 valence electrons. The quantitative estimate of drug-likeness (QED) is 0.660. The van der Waals surface area contributed by atoms with E-state index in [1.807, 2.05) is 25.3 Å². The third-order valence-corrected chi connectivity index (χ3v) is 5.29. The molecule has 25 heavy (non-hydrogen) atoms. The maximum absolute atomic E-state index is 6.07. The Hall–Kier alpha value is -2.66. The molecule has 0 spiro atoms. The summed E-state index contributed by atoms with van der Waals surface area (Å²) >= 11 is 1.65. The van der Waals surface area contributed by atoms with Gasteiger partial charge in [0.15, 0.2) is 0 Å². The van der Waals surface area contributed by atoms with E-state index in [2.05, 4.69) is 52.4 Å². The number of hydrogen-bond acceptors (Lipinski definition) is 5. The van der Waals surface area contributed by atoms with Crippen molar-refractivity contribution in [2.24, 2.45) is 4.99 Å². The van der Waals surface area contributed by atoms with Gasteiger partial charge in [-0.25, -0.2) is 4.98 Å². The molecule has 3 aromatic rings. The average molecular weight is 349 g/mol. The number of aryl methyl sites for hydroxylation is 1. The van der Waals surface area contributed by atoms with Crippen LogP contribution in [0.1, 0.15) is 18.1 Å². The molecule has 1 aliphatic rings. The van der Waals surface area contributed by atoms with Crippen molar-refractivity contribution in [3.05, 3.63) is 58.7 Å². The number of aliphatic imine (C=N–C) groups is 1. The maximum Gasteiger partial charge on any atom is 0.237 e. The number of nitrogens with zero attached hydrogens (tertiary/aromatic N) is 3. The third kappa shape index (κ3) is 2.91. The Labute approximate surface area is 151 Å². The lowest BCUT2D eigenvalue weighted by Crippen LogP contribution is -2.23. The van der Waals surface area contributed by atoms with Gasteiger partial charge in [-0.15, -0.1) is 11.3 Å². The number of pyridine rings is 1. The molecule has 5 heteroatoms. The van der Waals surface area contributed by atoms with Crippen LogP contribution in [0.4, 0.5) is 0 Å². The Kier molecular flexibility index (Phi) is 4.01. The van der Waals surface area contributed by atoms with Crippen LogP contribution >= 0.6 is 11.3 Å². The van der Waals surface area contributed by atoms with Crippen molar-refractivity contribution in [2.45, 2.75) is 13.8 Å². The number of thiophene rings is 1. The molecular formula is C20H19N3OS. The Morgan fingerprint density at radius 3 is 2.84 bits per heavy atom. The molecule has 0 N–H and O–H groups in total. The second-order valence-electron chi connectivity index (χ2n) is 6.16. The van der Waals surface area contributed by atoms with E-state index in [1.165, 1.54) is 11.3 Å². The van der Waals surface area contributed by atoms with E-state index in [4.69, 9.17) is 4.74 Å². The molecule has 0 radical (unpaired) electrons. The Morgan fingerprint density at radius 1 is 1.16 bits per heavy atom. The predicted molar refractivity (Wildman–Crippen MR) is 105 cm³/mol. The van der Waals surface area contributed by atoms with Crippen molar-refractivity contribution < 1.29 is 4.74 Å².